The minimum atomic E-state index is -1.02. The number of carboxylic acids is 1. The molecule has 1 unspecified atom stereocenters. The third kappa shape index (κ3) is 6.05. The van der Waals surface area contributed by atoms with E-state index in [-0.39, 0.29) is 6.10 Å². The van der Waals surface area contributed by atoms with Crippen LogP contribution in [0.3, 0.4) is 0 Å². The molecule has 10 nitrogen and oxygen atoms in total. The van der Waals surface area contributed by atoms with Crippen molar-refractivity contribution in [3.05, 3.63) is 94.6 Å². The Morgan fingerprint density at radius 1 is 1.12 bits per heavy atom. The van der Waals surface area contributed by atoms with Gasteiger partial charge in [0.15, 0.2) is 23.4 Å². The molecule has 4 aromatic rings. The zero-order valence-corrected chi connectivity index (χ0v) is 24.2. The van der Waals surface area contributed by atoms with Gasteiger partial charge in [-0.15, -0.1) is 10.2 Å². The van der Waals surface area contributed by atoms with E-state index in [4.69, 9.17) is 26.2 Å². The SMILES string of the molecule is CCn1cncc1Cn1c(/C=C/C(=O)O)nnc1CN1CCC(c2cccc3c2OCC(c2ccc(Cl)cc2)O3)CC1. The van der Waals surface area contributed by atoms with E-state index >= 15 is 0 Å². The van der Waals surface area contributed by atoms with Crippen LogP contribution < -0.4 is 9.47 Å². The van der Waals surface area contributed by atoms with Gasteiger partial charge in [-0.3, -0.25) is 4.90 Å². The number of carbonyl (C=O) groups is 1. The lowest BCUT2D eigenvalue weighted by molar-refractivity contribution is -0.131. The third-order valence-electron chi connectivity index (χ3n) is 7.98. The molecule has 42 heavy (non-hydrogen) atoms. The fourth-order valence-electron chi connectivity index (χ4n) is 5.73. The first-order valence-corrected chi connectivity index (χ1v) is 14.6. The molecule has 1 fully saturated rings. The van der Waals surface area contributed by atoms with Crippen LogP contribution in [0.25, 0.3) is 6.08 Å². The second-order valence-corrected chi connectivity index (χ2v) is 11.0. The molecule has 1 N–H and O–H groups in total. The minimum Gasteiger partial charge on any atom is -0.485 e. The Labute approximate surface area is 249 Å². The maximum Gasteiger partial charge on any atom is 0.328 e. The molecule has 2 aromatic heterocycles. The van der Waals surface area contributed by atoms with Crippen LogP contribution in [0, 0.1) is 0 Å². The molecule has 2 aliphatic rings. The van der Waals surface area contributed by atoms with Crippen LogP contribution in [0.4, 0.5) is 0 Å². The summed E-state index contributed by atoms with van der Waals surface area (Å²) in [5, 5.41) is 18.6. The first-order valence-electron chi connectivity index (χ1n) is 14.2. The molecule has 0 radical (unpaired) electrons. The van der Waals surface area contributed by atoms with Gasteiger partial charge in [0, 0.05) is 29.4 Å². The highest BCUT2D eigenvalue weighted by atomic mass is 35.5. The molecule has 0 bridgehead atoms. The summed E-state index contributed by atoms with van der Waals surface area (Å²) in [5.74, 6) is 2.27. The average Bonchev–Trinajstić information content (AvgIpc) is 3.62. The van der Waals surface area contributed by atoms with Gasteiger partial charge in [0.05, 0.1) is 25.1 Å². The van der Waals surface area contributed by atoms with Crippen LogP contribution >= 0.6 is 11.6 Å². The second-order valence-electron chi connectivity index (χ2n) is 10.6. The Balaban J connectivity index is 1.13. The van der Waals surface area contributed by atoms with Crippen molar-refractivity contribution in [3.8, 4) is 11.5 Å². The van der Waals surface area contributed by atoms with Crippen LogP contribution in [0.15, 0.2) is 61.1 Å². The standard InChI is InChI=1S/C31H33ClN6O4/c1-2-37-20-33-16-24(37)17-38-28(10-11-30(39)40)34-35-29(38)18-36-14-12-21(13-15-36)25-4-3-5-26-31(25)41-19-27(42-26)22-6-8-23(32)9-7-22/h3-11,16,20-21,27H,2,12-15,17-19H2,1H3,(H,39,40)/b11-10+. The van der Waals surface area contributed by atoms with Crippen LogP contribution in [0.1, 0.15) is 60.3 Å². The first kappa shape index (κ1) is 28.0. The summed E-state index contributed by atoms with van der Waals surface area (Å²) in [4.78, 5) is 17.8. The molecular weight excluding hydrogens is 556 g/mol. The van der Waals surface area contributed by atoms with Crippen molar-refractivity contribution in [3.63, 3.8) is 0 Å². The molecule has 0 amide bonds. The van der Waals surface area contributed by atoms with Crippen LogP contribution in [0.2, 0.25) is 5.02 Å². The van der Waals surface area contributed by atoms with Gasteiger partial charge in [0.2, 0.25) is 0 Å². The molecular formula is C31H33ClN6O4. The lowest BCUT2D eigenvalue weighted by Gasteiger charge is -2.34. The number of aryl methyl sites for hydroxylation is 1. The van der Waals surface area contributed by atoms with Crippen LogP contribution in [-0.2, 0) is 24.4 Å². The monoisotopic (exact) mass is 588 g/mol. The molecule has 6 rings (SSSR count). The summed E-state index contributed by atoms with van der Waals surface area (Å²) >= 11 is 6.06. The first-order chi connectivity index (χ1) is 20.5. The summed E-state index contributed by atoms with van der Waals surface area (Å²) in [5.41, 5.74) is 3.24. The number of fused-ring (bicyclic) bond motifs is 1. The predicted molar refractivity (Wildman–Crippen MR) is 158 cm³/mol. The van der Waals surface area contributed by atoms with E-state index in [2.05, 4.69) is 37.6 Å². The number of para-hydroxylation sites is 1. The quantitative estimate of drug-likeness (QED) is 0.266. The van der Waals surface area contributed by atoms with Crippen LogP contribution in [-0.4, -0.2) is 60.0 Å². The van der Waals surface area contributed by atoms with Gasteiger partial charge in [-0.05, 0) is 68.6 Å². The number of aliphatic carboxylic acids is 1. The molecule has 11 heteroatoms. The number of likely N-dealkylation sites (tertiary alicyclic amines) is 1. The van der Waals surface area contributed by atoms with Gasteiger partial charge in [-0.25, -0.2) is 9.78 Å². The van der Waals surface area contributed by atoms with Gasteiger partial charge >= 0.3 is 5.97 Å². The van der Waals surface area contributed by atoms with Crippen molar-refractivity contribution < 1.29 is 19.4 Å². The summed E-state index contributed by atoms with van der Waals surface area (Å²) in [6.07, 6.45) is 7.99. The summed E-state index contributed by atoms with van der Waals surface area (Å²) in [6.45, 7) is 6.22. The normalized spacial score (nSPS) is 17.6. The van der Waals surface area contributed by atoms with Gasteiger partial charge in [-0.1, -0.05) is 35.9 Å². The smallest absolute Gasteiger partial charge is 0.328 e. The van der Waals surface area contributed by atoms with Crippen LogP contribution in [0.5, 0.6) is 11.5 Å². The topological polar surface area (TPSA) is 108 Å². The lowest BCUT2D eigenvalue weighted by Crippen LogP contribution is -2.34. The maximum atomic E-state index is 11.2. The number of hydrogen-bond acceptors (Lipinski definition) is 7. The molecule has 1 saturated heterocycles. The number of halogens is 1. The molecule has 0 spiro atoms. The molecule has 4 heterocycles. The maximum absolute atomic E-state index is 11.2. The van der Waals surface area contributed by atoms with E-state index in [1.165, 1.54) is 11.6 Å². The molecule has 2 aromatic carbocycles. The van der Waals surface area contributed by atoms with Crippen molar-refractivity contribution in [2.45, 2.75) is 51.4 Å². The van der Waals surface area contributed by atoms with Crippen molar-refractivity contribution in [1.82, 2.24) is 29.2 Å². The van der Waals surface area contributed by atoms with Crippen molar-refractivity contribution in [2.24, 2.45) is 0 Å². The number of ether oxygens (including phenoxy) is 2. The predicted octanol–water partition coefficient (Wildman–Crippen LogP) is 5.19. The average molecular weight is 589 g/mol. The Bertz CT molecular complexity index is 1570. The zero-order valence-electron chi connectivity index (χ0n) is 23.4. The molecule has 2 aliphatic heterocycles. The Hall–Kier alpha value is -4.15. The van der Waals surface area contributed by atoms with E-state index in [0.717, 1.165) is 67.1 Å². The Kier molecular flexibility index (Phi) is 8.25. The number of benzene rings is 2. The number of aromatic nitrogens is 5. The third-order valence-corrected chi connectivity index (χ3v) is 8.23. The molecule has 0 saturated carbocycles. The number of imidazole rings is 1. The number of rotatable bonds is 9. The summed E-state index contributed by atoms with van der Waals surface area (Å²) < 4.78 is 16.7. The van der Waals surface area contributed by atoms with E-state index in [1.54, 1.807) is 6.33 Å². The molecule has 218 valence electrons. The number of nitrogens with zero attached hydrogens (tertiary/aromatic N) is 6. The summed E-state index contributed by atoms with van der Waals surface area (Å²) in [7, 11) is 0. The highest BCUT2D eigenvalue weighted by Crippen LogP contribution is 2.44. The summed E-state index contributed by atoms with van der Waals surface area (Å²) in [6, 6.07) is 13.9. The van der Waals surface area contributed by atoms with E-state index < -0.39 is 5.97 Å². The largest absolute Gasteiger partial charge is 0.485 e. The molecule has 1 atom stereocenters. The zero-order chi connectivity index (χ0) is 29.1. The van der Waals surface area contributed by atoms with E-state index in [0.29, 0.717) is 36.5 Å². The van der Waals surface area contributed by atoms with Crippen molar-refractivity contribution in [1.29, 1.82) is 0 Å². The van der Waals surface area contributed by atoms with Crippen molar-refractivity contribution >= 4 is 23.6 Å². The Morgan fingerprint density at radius 2 is 1.93 bits per heavy atom. The second kappa shape index (κ2) is 12.4. The number of hydrogen-bond donors (Lipinski definition) is 1. The van der Waals surface area contributed by atoms with E-state index in [1.807, 2.05) is 47.2 Å². The van der Waals surface area contributed by atoms with E-state index in [9.17, 15) is 4.79 Å². The number of piperidine rings is 1. The van der Waals surface area contributed by atoms with Gasteiger partial charge in [-0.2, -0.15) is 0 Å². The highest BCUT2D eigenvalue weighted by molar-refractivity contribution is 6.30. The fraction of sp³-hybridized carbons (Fsp3) is 0.355. The van der Waals surface area contributed by atoms with Crippen molar-refractivity contribution in [2.75, 3.05) is 19.7 Å². The number of carboxylic acid groups (broad SMARTS) is 1. The molecule has 0 aliphatic carbocycles. The van der Waals surface area contributed by atoms with Gasteiger partial charge < -0.3 is 23.7 Å². The lowest BCUT2D eigenvalue weighted by atomic mass is 9.88. The Morgan fingerprint density at radius 3 is 2.69 bits per heavy atom. The minimum absolute atomic E-state index is 0.171. The van der Waals surface area contributed by atoms with Gasteiger partial charge in [0.25, 0.3) is 0 Å². The van der Waals surface area contributed by atoms with Gasteiger partial charge in [0.1, 0.15) is 12.4 Å². The highest BCUT2D eigenvalue weighted by Gasteiger charge is 2.30. The fourth-order valence-corrected chi connectivity index (χ4v) is 5.85.